The summed E-state index contributed by atoms with van der Waals surface area (Å²) in [4.78, 5) is 10.2. The molecule has 1 N–H and O–H groups in total. The van der Waals surface area contributed by atoms with E-state index in [1.165, 1.54) is 5.53 Å². The molecule has 0 unspecified atom stereocenters. The molecular formula is C8H6ClNO2. The number of halogens is 1. The van der Waals surface area contributed by atoms with Crippen LogP contribution in [-0.4, -0.2) is 11.1 Å². The second-order valence-electron chi connectivity index (χ2n) is 1.76. The molecule has 0 fully saturated rings. The third-order valence-corrected chi connectivity index (χ3v) is 1.02. The molecule has 3 nitrogen and oxygen atoms in total. The van der Waals surface area contributed by atoms with Crippen molar-refractivity contribution in [2.75, 3.05) is 0 Å². The van der Waals surface area contributed by atoms with Crippen LogP contribution in [0, 0.1) is 10.8 Å². The van der Waals surface area contributed by atoms with E-state index in [4.69, 9.17) is 10.4 Å². The number of rotatable bonds is 1. The fourth-order valence-corrected chi connectivity index (χ4v) is 0.581. The smallest absolute Gasteiger partial charge is 0.335 e. The van der Waals surface area contributed by atoms with E-state index < -0.39 is 5.97 Å². The van der Waals surface area contributed by atoms with Gasteiger partial charge in [-0.1, -0.05) is 18.2 Å². The molecule has 1 rings (SSSR count). The van der Waals surface area contributed by atoms with Gasteiger partial charge in [-0.3, -0.25) is 0 Å². The Bertz CT molecular complexity index is 279. The maximum absolute atomic E-state index is 10.2. The highest BCUT2D eigenvalue weighted by atomic mass is 35.5. The van der Waals surface area contributed by atoms with E-state index in [2.05, 4.69) is 11.6 Å². The van der Waals surface area contributed by atoms with Crippen LogP contribution in [0.4, 0.5) is 0 Å². The van der Waals surface area contributed by atoms with Gasteiger partial charge in [-0.2, -0.15) is 5.26 Å². The molecule has 0 bridgehead atoms. The van der Waals surface area contributed by atoms with Gasteiger partial charge in [-0.15, -0.1) is 0 Å². The topological polar surface area (TPSA) is 61.1 Å². The summed E-state index contributed by atoms with van der Waals surface area (Å²) in [5.74, 6) is -0.879. The number of benzene rings is 1. The molecular weight excluding hydrogens is 178 g/mol. The van der Waals surface area contributed by atoms with Gasteiger partial charge in [0, 0.05) is 11.6 Å². The molecule has 0 aliphatic carbocycles. The second-order valence-corrected chi connectivity index (χ2v) is 1.92. The maximum atomic E-state index is 10.2. The number of hydrogen-bond donors (Lipinski definition) is 1. The number of hydrogen-bond acceptors (Lipinski definition) is 2. The predicted molar refractivity (Wildman–Crippen MR) is 44.9 cm³/mol. The Labute approximate surface area is 74.8 Å². The van der Waals surface area contributed by atoms with E-state index in [9.17, 15) is 4.79 Å². The van der Waals surface area contributed by atoms with Crippen molar-refractivity contribution in [3.8, 4) is 5.53 Å². The lowest BCUT2D eigenvalue weighted by Gasteiger charge is -1.88. The first-order valence-electron chi connectivity index (χ1n) is 3.00. The predicted octanol–water partition coefficient (Wildman–Crippen LogP) is 2.09. The van der Waals surface area contributed by atoms with Gasteiger partial charge in [0.15, 0.2) is 5.53 Å². The Morgan fingerprint density at radius 1 is 1.42 bits per heavy atom. The van der Waals surface area contributed by atoms with Crippen LogP contribution in [0.3, 0.4) is 0 Å². The maximum Gasteiger partial charge on any atom is 0.335 e. The van der Waals surface area contributed by atoms with Crippen molar-refractivity contribution >= 4 is 17.6 Å². The Balaban J connectivity index is 0.000000354. The summed E-state index contributed by atoms with van der Waals surface area (Å²) >= 11 is 4.30. The molecule has 0 saturated carbocycles. The lowest BCUT2D eigenvalue weighted by molar-refractivity contribution is 0.0697. The Morgan fingerprint density at radius 2 is 1.83 bits per heavy atom. The molecule has 1 aromatic rings. The summed E-state index contributed by atoms with van der Waals surface area (Å²) < 4.78 is 0. The van der Waals surface area contributed by atoms with Crippen LogP contribution in [0.15, 0.2) is 30.3 Å². The number of nitrogens with zero attached hydrogens (tertiary/aromatic N) is 1. The summed E-state index contributed by atoms with van der Waals surface area (Å²) in [5.41, 5.74) is 1.55. The minimum atomic E-state index is -0.879. The van der Waals surface area contributed by atoms with Gasteiger partial charge in [0.1, 0.15) is 0 Å². The summed E-state index contributed by atoms with van der Waals surface area (Å²) in [5, 5.41) is 15.5. The molecule has 0 saturated heterocycles. The van der Waals surface area contributed by atoms with Crippen LogP contribution in [0.1, 0.15) is 10.4 Å². The third-order valence-electron chi connectivity index (χ3n) is 1.02. The first kappa shape index (κ1) is 10.5. The second kappa shape index (κ2) is 6.20. The van der Waals surface area contributed by atoms with Crippen molar-refractivity contribution in [2.24, 2.45) is 0 Å². The summed E-state index contributed by atoms with van der Waals surface area (Å²) in [6.07, 6.45) is 0. The van der Waals surface area contributed by atoms with Gasteiger partial charge in [0.25, 0.3) is 0 Å². The molecule has 0 atom stereocenters. The quantitative estimate of drug-likeness (QED) is 0.725. The van der Waals surface area contributed by atoms with Crippen molar-refractivity contribution in [1.82, 2.24) is 0 Å². The van der Waals surface area contributed by atoms with Crippen molar-refractivity contribution in [2.45, 2.75) is 0 Å². The lowest BCUT2D eigenvalue weighted by Crippen LogP contribution is -1.93. The first-order valence-corrected chi connectivity index (χ1v) is 3.38. The van der Waals surface area contributed by atoms with Crippen LogP contribution in [0.25, 0.3) is 0 Å². The fraction of sp³-hybridized carbons (Fsp3) is 0. The first-order chi connectivity index (χ1) is 5.72. The van der Waals surface area contributed by atoms with Crippen LogP contribution in [0.5, 0.6) is 0 Å². The summed E-state index contributed by atoms with van der Waals surface area (Å²) in [7, 11) is 0. The molecule has 0 spiro atoms. The highest BCUT2D eigenvalue weighted by Crippen LogP contribution is 1.96. The highest BCUT2D eigenvalue weighted by Gasteiger charge is 1.96. The summed E-state index contributed by atoms with van der Waals surface area (Å²) in [6.45, 7) is 0. The van der Waals surface area contributed by atoms with Crippen LogP contribution < -0.4 is 0 Å². The molecule has 0 amide bonds. The molecule has 0 aromatic heterocycles. The molecule has 0 radical (unpaired) electrons. The molecule has 12 heavy (non-hydrogen) atoms. The average Bonchev–Trinajstić information content (AvgIpc) is 2.07. The van der Waals surface area contributed by atoms with Gasteiger partial charge in [-0.05, 0) is 12.1 Å². The number of aromatic carboxylic acids is 1. The molecule has 0 aliphatic heterocycles. The van der Waals surface area contributed by atoms with Crippen molar-refractivity contribution < 1.29 is 9.90 Å². The van der Waals surface area contributed by atoms with Gasteiger partial charge >= 0.3 is 5.97 Å². The lowest BCUT2D eigenvalue weighted by atomic mass is 10.2. The van der Waals surface area contributed by atoms with E-state index in [1.54, 1.807) is 30.3 Å². The van der Waals surface area contributed by atoms with E-state index in [-0.39, 0.29) is 0 Å². The van der Waals surface area contributed by atoms with Crippen LogP contribution in [0.2, 0.25) is 0 Å². The number of nitriles is 1. The number of carboxylic acid groups (broad SMARTS) is 1. The zero-order valence-corrected chi connectivity index (χ0v) is 6.82. The molecule has 0 aliphatic rings. The van der Waals surface area contributed by atoms with Crippen molar-refractivity contribution in [3.05, 3.63) is 35.9 Å². The molecule has 0 heterocycles. The van der Waals surface area contributed by atoms with E-state index in [1.807, 2.05) is 0 Å². The Hall–Kier alpha value is -1.53. The van der Waals surface area contributed by atoms with Crippen LogP contribution in [-0.2, 0) is 0 Å². The molecule has 4 heteroatoms. The minimum Gasteiger partial charge on any atom is -0.478 e. The minimum absolute atomic E-state index is 0.331. The third kappa shape index (κ3) is 4.31. The average molecular weight is 184 g/mol. The van der Waals surface area contributed by atoms with Crippen molar-refractivity contribution in [3.63, 3.8) is 0 Å². The monoisotopic (exact) mass is 183 g/mol. The van der Waals surface area contributed by atoms with Crippen molar-refractivity contribution in [1.29, 1.82) is 5.26 Å². The number of carbonyl (C=O) groups is 1. The highest BCUT2D eigenvalue weighted by molar-refractivity contribution is 6.28. The van der Waals surface area contributed by atoms with Crippen LogP contribution >= 0.6 is 11.6 Å². The summed E-state index contributed by atoms with van der Waals surface area (Å²) in [6, 6.07) is 8.30. The van der Waals surface area contributed by atoms with E-state index in [0.717, 1.165) is 0 Å². The SMILES string of the molecule is N#CCl.O=C(O)c1ccccc1. The van der Waals surface area contributed by atoms with Gasteiger partial charge in [0.05, 0.1) is 5.56 Å². The largest absolute Gasteiger partial charge is 0.478 e. The zero-order chi connectivity index (χ0) is 9.40. The number of carboxylic acids is 1. The Morgan fingerprint density at radius 3 is 2.08 bits per heavy atom. The van der Waals surface area contributed by atoms with Gasteiger partial charge < -0.3 is 5.11 Å². The molecule has 62 valence electrons. The zero-order valence-electron chi connectivity index (χ0n) is 6.07. The standard InChI is InChI=1S/C7H6O2.CClN/c8-7(9)6-4-2-1-3-5-6;2-1-3/h1-5H,(H,8,9);. The van der Waals surface area contributed by atoms with E-state index in [0.29, 0.717) is 5.56 Å². The normalized spacial score (nSPS) is 7.33. The Kier molecular flexibility index (Phi) is 5.41. The van der Waals surface area contributed by atoms with Gasteiger partial charge in [0.2, 0.25) is 0 Å². The molecule has 1 aromatic carbocycles. The fourth-order valence-electron chi connectivity index (χ4n) is 0.581. The van der Waals surface area contributed by atoms with Gasteiger partial charge in [-0.25, -0.2) is 4.79 Å². The van der Waals surface area contributed by atoms with E-state index >= 15 is 0 Å².